The van der Waals surface area contributed by atoms with Crippen LogP contribution in [-0.4, -0.2) is 34.8 Å². The molecule has 0 aliphatic carbocycles. The summed E-state index contributed by atoms with van der Waals surface area (Å²) in [6.45, 7) is 2.04. The molecule has 164 valence electrons. The molecule has 1 N–H and O–H groups in total. The van der Waals surface area contributed by atoms with Crippen molar-refractivity contribution in [1.82, 2.24) is 9.55 Å². The number of thioether (sulfide) groups is 1. The van der Waals surface area contributed by atoms with E-state index in [0.717, 1.165) is 5.69 Å². The zero-order chi connectivity index (χ0) is 22.7. The fourth-order valence-corrected chi connectivity index (χ4v) is 4.14. The number of carbonyl (C=O) groups excluding carboxylic acids is 1. The number of nitrogens with zero attached hydrogens (tertiary/aromatic N) is 3. The van der Waals surface area contributed by atoms with Gasteiger partial charge in [-0.15, -0.1) is 0 Å². The van der Waals surface area contributed by atoms with E-state index in [2.05, 4.69) is 10.3 Å². The van der Waals surface area contributed by atoms with Gasteiger partial charge in [0.05, 0.1) is 29.0 Å². The van der Waals surface area contributed by atoms with Gasteiger partial charge in [0, 0.05) is 25.5 Å². The maximum Gasteiger partial charge on any atom is 0.262 e. The molecule has 32 heavy (non-hydrogen) atoms. The number of hydrogen-bond donors (Lipinski definition) is 1. The number of amides is 1. The standard InChI is InChI=1S/C24H24N4O3S/c1-16(22(29)25-17-10-12-18(13-11-17)27(2)3)32-24-26-21-9-5-4-8-20(21)23(30)28(24)15-19-7-6-14-31-19/h4-14,16H,15H2,1-3H3,(H,25,29). The molecule has 1 amide bonds. The van der Waals surface area contributed by atoms with Gasteiger partial charge in [-0.2, -0.15) is 0 Å². The number of aromatic nitrogens is 2. The van der Waals surface area contributed by atoms with Crippen molar-refractivity contribution in [1.29, 1.82) is 0 Å². The third kappa shape index (κ3) is 4.70. The van der Waals surface area contributed by atoms with Gasteiger partial charge in [0.15, 0.2) is 5.16 Å². The van der Waals surface area contributed by atoms with Gasteiger partial charge in [0.1, 0.15) is 5.76 Å². The van der Waals surface area contributed by atoms with E-state index in [1.54, 1.807) is 36.0 Å². The topological polar surface area (TPSA) is 80.4 Å². The molecule has 4 rings (SSSR count). The number of carbonyl (C=O) groups is 1. The highest BCUT2D eigenvalue weighted by atomic mass is 32.2. The molecule has 2 aromatic carbocycles. The molecular weight excluding hydrogens is 424 g/mol. The van der Waals surface area contributed by atoms with Crippen LogP contribution in [0.5, 0.6) is 0 Å². The minimum Gasteiger partial charge on any atom is -0.467 e. The fraction of sp³-hybridized carbons (Fsp3) is 0.208. The van der Waals surface area contributed by atoms with Gasteiger partial charge in [-0.3, -0.25) is 14.2 Å². The number of para-hydroxylation sites is 1. The fourth-order valence-electron chi connectivity index (χ4n) is 3.23. The molecule has 4 aromatic rings. The summed E-state index contributed by atoms with van der Waals surface area (Å²) >= 11 is 1.25. The highest BCUT2D eigenvalue weighted by Gasteiger charge is 2.20. The predicted octanol–water partition coefficient (Wildman–Crippen LogP) is 4.22. The van der Waals surface area contributed by atoms with Gasteiger partial charge in [-0.25, -0.2) is 4.98 Å². The van der Waals surface area contributed by atoms with E-state index in [1.165, 1.54) is 11.8 Å². The number of furan rings is 1. The molecule has 0 bridgehead atoms. The monoisotopic (exact) mass is 448 g/mol. The number of anilines is 2. The van der Waals surface area contributed by atoms with Crippen molar-refractivity contribution in [3.8, 4) is 0 Å². The first-order chi connectivity index (χ1) is 15.4. The lowest BCUT2D eigenvalue weighted by atomic mass is 10.2. The van der Waals surface area contributed by atoms with Crippen molar-refractivity contribution in [3.63, 3.8) is 0 Å². The first kappa shape index (κ1) is 21.7. The van der Waals surface area contributed by atoms with Crippen LogP contribution in [0.2, 0.25) is 0 Å². The van der Waals surface area contributed by atoms with Crippen LogP contribution in [-0.2, 0) is 11.3 Å². The lowest BCUT2D eigenvalue weighted by Crippen LogP contribution is -2.27. The van der Waals surface area contributed by atoms with Gasteiger partial charge >= 0.3 is 0 Å². The van der Waals surface area contributed by atoms with E-state index in [9.17, 15) is 9.59 Å². The molecule has 1 unspecified atom stereocenters. The SMILES string of the molecule is CC(Sc1nc2ccccc2c(=O)n1Cc1ccco1)C(=O)Nc1ccc(N(C)C)cc1. The van der Waals surface area contributed by atoms with Gasteiger partial charge in [0.2, 0.25) is 5.91 Å². The largest absolute Gasteiger partial charge is 0.467 e. The summed E-state index contributed by atoms with van der Waals surface area (Å²) in [7, 11) is 3.93. The highest BCUT2D eigenvalue weighted by molar-refractivity contribution is 8.00. The van der Waals surface area contributed by atoms with Crippen molar-refractivity contribution < 1.29 is 9.21 Å². The van der Waals surface area contributed by atoms with Crippen molar-refractivity contribution in [2.24, 2.45) is 0 Å². The first-order valence-corrected chi connectivity index (χ1v) is 11.1. The van der Waals surface area contributed by atoms with Gasteiger partial charge in [0.25, 0.3) is 5.56 Å². The number of hydrogen-bond acceptors (Lipinski definition) is 6. The minimum absolute atomic E-state index is 0.165. The number of nitrogens with one attached hydrogen (secondary N) is 1. The molecule has 0 saturated carbocycles. The smallest absolute Gasteiger partial charge is 0.262 e. The van der Waals surface area contributed by atoms with E-state index >= 15 is 0 Å². The van der Waals surface area contributed by atoms with Crippen molar-refractivity contribution in [2.45, 2.75) is 23.9 Å². The minimum atomic E-state index is -0.473. The molecule has 1 atom stereocenters. The Labute approximate surface area is 190 Å². The van der Waals surface area contributed by atoms with Crippen LogP contribution >= 0.6 is 11.8 Å². The summed E-state index contributed by atoms with van der Waals surface area (Å²) in [5, 5.41) is 3.46. The van der Waals surface area contributed by atoms with E-state index in [0.29, 0.717) is 27.5 Å². The van der Waals surface area contributed by atoms with E-state index < -0.39 is 5.25 Å². The molecule has 8 heteroatoms. The maximum atomic E-state index is 13.2. The van der Waals surface area contributed by atoms with Crippen LogP contribution in [0.15, 0.2) is 81.3 Å². The number of benzene rings is 2. The molecule has 0 aliphatic heterocycles. The Morgan fingerprint density at radius 3 is 2.56 bits per heavy atom. The normalized spacial score (nSPS) is 12.0. The van der Waals surface area contributed by atoms with Crippen LogP contribution in [0.1, 0.15) is 12.7 Å². The second kappa shape index (κ2) is 9.32. The van der Waals surface area contributed by atoms with Crippen LogP contribution in [0.3, 0.4) is 0 Å². The van der Waals surface area contributed by atoms with E-state index in [4.69, 9.17) is 4.42 Å². The average Bonchev–Trinajstić information content (AvgIpc) is 3.30. The molecule has 2 heterocycles. The highest BCUT2D eigenvalue weighted by Crippen LogP contribution is 2.25. The Morgan fingerprint density at radius 2 is 1.88 bits per heavy atom. The summed E-state index contributed by atoms with van der Waals surface area (Å²) in [6, 6.07) is 18.4. The van der Waals surface area contributed by atoms with Gasteiger partial charge in [-0.1, -0.05) is 23.9 Å². The van der Waals surface area contributed by atoms with Crippen LogP contribution in [0.4, 0.5) is 11.4 Å². The Morgan fingerprint density at radius 1 is 1.12 bits per heavy atom. The second-order valence-electron chi connectivity index (χ2n) is 7.57. The third-order valence-electron chi connectivity index (χ3n) is 5.02. The molecule has 0 fully saturated rings. The Bertz CT molecular complexity index is 1280. The molecule has 0 saturated heterocycles. The summed E-state index contributed by atoms with van der Waals surface area (Å²) < 4.78 is 6.99. The van der Waals surface area contributed by atoms with Gasteiger partial charge in [-0.05, 0) is 55.5 Å². The maximum absolute atomic E-state index is 13.2. The van der Waals surface area contributed by atoms with Gasteiger partial charge < -0.3 is 14.6 Å². The summed E-state index contributed by atoms with van der Waals surface area (Å²) in [5.41, 5.74) is 2.20. The number of fused-ring (bicyclic) bond motifs is 1. The average molecular weight is 449 g/mol. The third-order valence-corrected chi connectivity index (χ3v) is 6.11. The zero-order valence-electron chi connectivity index (χ0n) is 18.1. The summed E-state index contributed by atoms with van der Waals surface area (Å²) in [4.78, 5) is 32.7. The molecule has 0 spiro atoms. The Kier molecular flexibility index (Phi) is 6.32. The quantitative estimate of drug-likeness (QED) is 0.337. The predicted molar refractivity (Wildman–Crippen MR) is 129 cm³/mol. The molecule has 2 aromatic heterocycles. The van der Waals surface area contributed by atoms with Crippen LogP contribution < -0.4 is 15.8 Å². The van der Waals surface area contributed by atoms with Crippen molar-refractivity contribution in [3.05, 3.63) is 83.0 Å². The summed E-state index contributed by atoms with van der Waals surface area (Å²) in [5.74, 6) is 0.476. The first-order valence-electron chi connectivity index (χ1n) is 10.2. The van der Waals surface area contributed by atoms with E-state index in [-0.39, 0.29) is 18.0 Å². The zero-order valence-corrected chi connectivity index (χ0v) is 18.9. The second-order valence-corrected chi connectivity index (χ2v) is 8.88. The van der Waals surface area contributed by atoms with Crippen molar-refractivity contribution in [2.75, 3.05) is 24.3 Å². The molecule has 0 aliphatic rings. The lowest BCUT2D eigenvalue weighted by molar-refractivity contribution is -0.115. The van der Waals surface area contributed by atoms with Crippen molar-refractivity contribution >= 4 is 39.9 Å². The molecule has 0 radical (unpaired) electrons. The molecular formula is C24H24N4O3S. The Balaban J connectivity index is 1.59. The van der Waals surface area contributed by atoms with Crippen LogP contribution in [0, 0.1) is 0 Å². The van der Waals surface area contributed by atoms with E-state index in [1.807, 2.05) is 61.5 Å². The summed E-state index contributed by atoms with van der Waals surface area (Å²) in [6.07, 6.45) is 1.57. The Hall–Kier alpha value is -3.52. The lowest BCUT2D eigenvalue weighted by Gasteiger charge is -2.16. The number of rotatable bonds is 7. The van der Waals surface area contributed by atoms with Crippen LogP contribution in [0.25, 0.3) is 10.9 Å². The molecule has 7 nitrogen and oxygen atoms in total.